The second-order valence-electron chi connectivity index (χ2n) is 6.96. The SMILES string of the molecule is OC1CCC(C2OC3CC(O)CC(O)C3C(O)C2O)CC1. The normalized spacial score (nSPS) is 55.0. The number of aliphatic hydroxyl groups is 5. The summed E-state index contributed by atoms with van der Waals surface area (Å²) in [4.78, 5) is 0. The topological polar surface area (TPSA) is 110 Å². The van der Waals surface area contributed by atoms with Gasteiger partial charge in [0.25, 0.3) is 0 Å². The van der Waals surface area contributed by atoms with E-state index in [2.05, 4.69) is 0 Å². The fraction of sp³-hybridized carbons (Fsp3) is 1.00. The van der Waals surface area contributed by atoms with Gasteiger partial charge >= 0.3 is 0 Å². The van der Waals surface area contributed by atoms with Gasteiger partial charge in [0.05, 0.1) is 36.6 Å². The van der Waals surface area contributed by atoms with E-state index in [1.165, 1.54) is 0 Å². The zero-order chi connectivity index (χ0) is 15.1. The number of hydrogen-bond donors (Lipinski definition) is 5. The van der Waals surface area contributed by atoms with Crippen molar-refractivity contribution in [2.24, 2.45) is 11.8 Å². The maximum absolute atomic E-state index is 10.4. The zero-order valence-electron chi connectivity index (χ0n) is 12.1. The van der Waals surface area contributed by atoms with Crippen LogP contribution in [-0.2, 0) is 4.74 Å². The van der Waals surface area contributed by atoms with Gasteiger partial charge in [0.1, 0.15) is 6.10 Å². The summed E-state index contributed by atoms with van der Waals surface area (Å²) in [6, 6.07) is 0. The Morgan fingerprint density at radius 2 is 1.38 bits per heavy atom. The summed E-state index contributed by atoms with van der Waals surface area (Å²) in [6.45, 7) is 0. The van der Waals surface area contributed by atoms with Gasteiger partial charge in [0.15, 0.2) is 0 Å². The standard InChI is InChI=1S/C15H26O6/c16-8-3-1-7(2-4-8)15-14(20)13(19)12-10(18)5-9(17)6-11(12)21-15/h7-20H,1-6H2. The first-order chi connectivity index (χ1) is 9.97. The van der Waals surface area contributed by atoms with Crippen LogP contribution in [0.4, 0.5) is 0 Å². The summed E-state index contributed by atoms with van der Waals surface area (Å²) in [5, 5.41) is 50.1. The van der Waals surface area contributed by atoms with Gasteiger partial charge in [0, 0.05) is 12.3 Å². The first-order valence-corrected chi connectivity index (χ1v) is 8.03. The van der Waals surface area contributed by atoms with Gasteiger partial charge in [-0.1, -0.05) is 0 Å². The minimum Gasteiger partial charge on any atom is -0.393 e. The van der Waals surface area contributed by atoms with Crippen molar-refractivity contribution in [2.75, 3.05) is 0 Å². The van der Waals surface area contributed by atoms with E-state index in [0.717, 1.165) is 12.8 Å². The highest BCUT2D eigenvalue weighted by atomic mass is 16.5. The zero-order valence-corrected chi connectivity index (χ0v) is 12.1. The summed E-state index contributed by atoms with van der Waals surface area (Å²) in [5.41, 5.74) is 0. The third-order valence-corrected chi connectivity index (χ3v) is 5.51. The lowest BCUT2D eigenvalue weighted by Crippen LogP contribution is -2.62. The van der Waals surface area contributed by atoms with Gasteiger partial charge in [-0.3, -0.25) is 0 Å². The van der Waals surface area contributed by atoms with Crippen LogP contribution in [-0.4, -0.2) is 68.3 Å². The minimum atomic E-state index is -1.02. The van der Waals surface area contributed by atoms with Crippen LogP contribution in [0.2, 0.25) is 0 Å². The molecule has 6 heteroatoms. The molecule has 2 saturated carbocycles. The Labute approximate surface area is 124 Å². The van der Waals surface area contributed by atoms with Gasteiger partial charge in [-0.05, 0) is 38.0 Å². The maximum atomic E-state index is 10.4. The molecule has 7 atom stereocenters. The molecule has 3 rings (SSSR count). The first kappa shape index (κ1) is 15.6. The van der Waals surface area contributed by atoms with E-state index in [1.807, 2.05) is 0 Å². The Hall–Kier alpha value is -0.240. The summed E-state index contributed by atoms with van der Waals surface area (Å²) in [5.74, 6) is -0.427. The van der Waals surface area contributed by atoms with E-state index in [0.29, 0.717) is 19.3 Å². The number of hydrogen-bond acceptors (Lipinski definition) is 6. The molecule has 3 aliphatic rings. The van der Waals surface area contributed by atoms with Crippen molar-refractivity contribution in [3.8, 4) is 0 Å². The molecule has 6 nitrogen and oxygen atoms in total. The molecule has 1 heterocycles. The predicted molar refractivity (Wildman–Crippen MR) is 73.4 cm³/mol. The third-order valence-electron chi connectivity index (χ3n) is 5.51. The van der Waals surface area contributed by atoms with E-state index in [4.69, 9.17) is 4.74 Å². The number of aliphatic hydroxyl groups excluding tert-OH is 5. The second-order valence-corrected chi connectivity index (χ2v) is 6.96. The molecule has 0 bridgehead atoms. The van der Waals surface area contributed by atoms with E-state index in [9.17, 15) is 25.5 Å². The summed E-state index contributed by atoms with van der Waals surface area (Å²) in [6.07, 6.45) is -1.19. The molecule has 0 aromatic heterocycles. The van der Waals surface area contributed by atoms with Crippen LogP contribution >= 0.6 is 0 Å². The highest BCUT2D eigenvalue weighted by Crippen LogP contribution is 2.41. The quantitative estimate of drug-likeness (QED) is 0.432. The van der Waals surface area contributed by atoms with Crippen molar-refractivity contribution in [1.82, 2.24) is 0 Å². The Kier molecular flexibility index (Phi) is 4.55. The van der Waals surface area contributed by atoms with Crippen molar-refractivity contribution >= 4 is 0 Å². The average Bonchev–Trinajstić information content (AvgIpc) is 2.43. The Morgan fingerprint density at radius 1 is 0.714 bits per heavy atom. The van der Waals surface area contributed by atoms with Crippen molar-refractivity contribution < 1.29 is 30.3 Å². The van der Waals surface area contributed by atoms with Crippen molar-refractivity contribution in [2.45, 2.75) is 81.3 Å². The second kappa shape index (κ2) is 6.10. The number of rotatable bonds is 1. The van der Waals surface area contributed by atoms with Crippen LogP contribution in [0.5, 0.6) is 0 Å². The molecule has 0 aromatic rings. The molecule has 3 fully saturated rings. The monoisotopic (exact) mass is 302 g/mol. The molecular weight excluding hydrogens is 276 g/mol. The smallest absolute Gasteiger partial charge is 0.107 e. The van der Waals surface area contributed by atoms with Crippen molar-refractivity contribution in [1.29, 1.82) is 0 Å². The highest BCUT2D eigenvalue weighted by molar-refractivity contribution is 5.01. The van der Waals surface area contributed by atoms with E-state index < -0.39 is 42.5 Å². The van der Waals surface area contributed by atoms with Crippen LogP contribution in [0.1, 0.15) is 38.5 Å². The molecule has 21 heavy (non-hydrogen) atoms. The summed E-state index contributed by atoms with van der Waals surface area (Å²) in [7, 11) is 0. The van der Waals surface area contributed by atoms with E-state index in [-0.39, 0.29) is 18.4 Å². The van der Waals surface area contributed by atoms with Crippen LogP contribution in [0.3, 0.4) is 0 Å². The van der Waals surface area contributed by atoms with Crippen LogP contribution in [0.25, 0.3) is 0 Å². The maximum Gasteiger partial charge on any atom is 0.107 e. The summed E-state index contributed by atoms with van der Waals surface area (Å²) >= 11 is 0. The van der Waals surface area contributed by atoms with Gasteiger partial charge in [0.2, 0.25) is 0 Å². The molecule has 7 unspecified atom stereocenters. The van der Waals surface area contributed by atoms with E-state index >= 15 is 0 Å². The fourth-order valence-corrected chi connectivity index (χ4v) is 4.32. The first-order valence-electron chi connectivity index (χ1n) is 8.03. The highest BCUT2D eigenvalue weighted by Gasteiger charge is 2.52. The Bertz CT molecular complexity index is 356. The fourth-order valence-electron chi connectivity index (χ4n) is 4.32. The molecule has 1 saturated heterocycles. The lowest BCUT2D eigenvalue weighted by molar-refractivity contribution is -0.253. The summed E-state index contributed by atoms with van der Waals surface area (Å²) < 4.78 is 5.98. The lowest BCUT2D eigenvalue weighted by Gasteiger charge is -2.50. The largest absolute Gasteiger partial charge is 0.393 e. The van der Waals surface area contributed by atoms with Gasteiger partial charge < -0.3 is 30.3 Å². The molecule has 5 N–H and O–H groups in total. The Balaban J connectivity index is 1.72. The molecule has 2 aliphatic carbocycles. The molecule has 1 aliphatic heterocycles. The predicted octanol–water partition coefficient (Wildman–Crippen LogP) is -0.841. The molecule has 0 amide bonds. The average molecular weight is 302 g/mol. The van der Waals surface area contributed by atoms with Gasteiger partial charge in [-0.2, -0.15) is 0 Å². The molecule has 122 valence electrons. The van der Waals surface area contributed by atoms with Crippen molar-refractivity contribution in [3.05, 3.63) is 0 Å². The van der Waals surface area contributed by atoms with Gasteiger partial charge in [-0.25, -0.2) is 0 Å². The van der Waals surface area contributed by atoms with Crippen molar-refractivity contribution in [3.63, 3.8) is 0 Å². The molecular formula is C15H26O6. The van der Waals surface area contributed by atoms with Crippen LogP contribution in [0.15, 0.2) is 0 Å². The minimum absolute atomic E-state index is 0.107. The van der Waals surface area contributed by atoms with Gasteiger partial charge in [-0.15, -0.1) is 0 Å². The number of fused-ring (bicyclic) bond motifs is 1. The van der Waals surface area contributed by atoms with Crippen LogP contribution < -0.4 is 0 Å². The Morgan fingerprint density at radius 3 is 2.05 bits per heavy atom. The lowest BCUT2D eigenvalue weighted by atomic mass is 9.71. The third kappa shape index (κ3) is 2.98. The molecule has 0 spiro atoms. The number of ether oxygens (including phenoxy) is 1. The molecule has 0 radical (unpaired) electrons. The van der Waals surface area contributed by atoms with E-state index in [1.54, 1.807) is 0 Å². The molecule has 0 aromatic carbocycles. The van der Waals surface area contributed by atoms with Crippen LogP contribution in [0, 0.1) is 11.8 Å².